The molecule has 0 aliphatic carbocycles. The molecule has 1 aliphatic rings. The second-order valence-corrected chi connectivity index (χ2v) is 10.6. The summed E-state index contributed by atoms with van der Waals surface area (Å²) < 4.78 is 0.621. The molecule has 7 nitrogen and oxygen atoms in total. The van der Waals surface area contributed by atoms with Crippen molar-refractivity contribution in [2.45, 2.75) is 23.1 Å². The third-order valence-electron chi connectivity index (χ3n) is 5.68. The van der Waals surface area contributed by atoms with E-state index in [1.807, 2.05) is 43.3 Å². The highest BCUT2D eigenvalue weighted by Crippen LogP contribution is 2.44. The van der Waals surface area contributed by atoms with Gasteiger partial charge in [-0.1, -0.05) is 88.8 Å². The Balaban J connectivity index is 1.53. The standard InChI is InChI=1S/C26H19ClN4O3S2/c1-15-8-10-16(11-9-15)22(32)20-21(17-6-4-12-28-13-17)31(24(34)23(20)33)25-29-30-26(36-25)35-14-18-5-2-3-7-19(18)27/h2-13,21,32H,14H2,1H3/t21-/m0/s1. The van der Waals surface area contributed by atoms with E-state index < -0.39 is 17.7 Å². The molecule has 1 aliphatic heterocycles. The number of hydrogen-bond donors (Lipinski definition) is 1. The number of aromatic nitrogens is 3. The number of aliphatic hydroxyl groups excluding tert-OH is 1. The fourth-order valence-electron chi connectivity index (χ4n) is 3.86. The van der Waals surface area contributed by atoms with Gasteiger partial charge in [-0.2, -0.15) is 0 Å². The molecule has 5 rings (SSSR count). The van der Waals surface area contributed by atoms with E-state index in [1.165, 1.54) is 28.0 Å². The lowest BCUT2D eigenvalue weighted by Crippen LogP contribution is -2.29. The number of pyridine rings is 1. The highest BCUT2D eigenvalue weighted by Gasteiger charge is 2.48. The van der Waals surface area contributed by atoms with Crippen molar-refractivity contribution in [2.75, 3.05) is 4.90 Å². The molecule has 1 amide bonds. The molecule has 10 heteroatoms. The van der Waals surface area contributed by atoms with Crippen LogP contribution >= 0.6 is 34.7 Å². The summed E-state index contributed by atoms with van der Waals surface area (Å²) in [6, 6.07) is 17.2. The van der Waals surface area contributed by atoms with E-state index >= 15 is 0 Å². The number of hydrogen-bond acceptors (Lipinski definition) is 8. The number of rotatable bonds is 6. The predicted octanol–water partition coefficient (Wildman–Crippen LogP) is 5.81. The Hall–Kier alpha value is -3.53. The summed E-state index contributed by atoms with van der Waals surface area (Å²) >= 11 is 8.89. The molecule has 2 aromatic heterocycles. The minimum atomic E-state index is -0.894. The molecule has 0 spiro atoms. The van der Waals surface area contributed by atoms with Gasteiger partial charge < -0.3 is 5.11 Å². The maximum atomic E-state index is 13.2. The van der Waals surface area contributed by atoms with Crippen LogP contribution in [-0.4, -0.2) is 32.0 Å². The second kappa shape index (κ2) is 10.2. The zero-order valence-electron chi connectivity index (χ0n) is 19.0. The fourth-order valence-corrected chi connectivity index (χ4v) is 6.02. The molecular weight excluding hydrogens is 516 g/mol. The van der Waals surface area contributed by atoms with E-state index in [0.717, 1.165) is 11.1 Å². The number of anilines is 1. The molecule has 3 heterocycles. The number of thioether (sulfide) groups is 1. The molecule has 1 N–H and O–H groups in total. The summed E-state index contributed by atoms with van der Waals surface area (Å²) in [5.74, 6) is -1.24. The van der Waals surface area contributed by atoms with Crippen LogP contribution in [0, 0.1) is 6.92 Å². The van der Waals surface area contributed by atoms with Crippen LogP contribution in [0.4, 0.5) is 5.13 Å². The highest BCUT2D eigenvalue weighted by atomic mass is 35.5. The van der Waals surface area contributed by atoms with Crippen LogP contribution in [-0.2, 0) is 15.3 Å². The number of nitrogens with zero attached hydrogens (tertiary/aromatic N) is 4. The Morgan fingerprint density at radius 1 is 1.08 bits per heavy atom. The first-order valence-corrected chi connectivity index (χ1v) is 13.1. The number of aliphatic hydroxyl groups is 1. The largest absolute Gasteiger partial charge is 0.507 e. The third-order valence-corrected chi connectivity index (χ3v) is 8.15. The van der Waals surface area contributed by atoms with E-state index in [9.17, 15) is 14.7 Å². The molecule has 0 saturated carbocycles. The molecule has 36 heavy (non-hydrogen) atoms. The minimum absolute atomic E-state index is 0.0164. The zero-order valence-corrected chi connectivity index (χ0v) is 21.3. The topological polar surface area (TPSA) is 96.3 Å². The summed E-state index contributed by atoms with van der Waals surface area (Å²) in [5.41, 5.74) is 2.96. The van der Waals surface area contributed by atoms with Crippen molar-refractivity contribution in [3.63, 3.8) is 0 Å². The number of carbonyl (C=O) groups is 2. The van der Waals surface area contributed by atoms with Crippen LogP contribution in [0.3, 0.4) is 0 Å². The Labute approximate surface area is 220 Å². The molecule has 1 atom stereocenters. The van der Waals surface area contributed by atoms with Crippen molar-refractivity contribution in [3.05, 3.63) is 106 Å². The van der Waals surface area contributed by atoms with Crippen LogP contribution in [0.1, 0.15) is 28.3 Å². The first kappa shape index (κ1) is 24.2. The van der Waals surface area contributed by atoms with Gasteiger partial charge in [0.15, 0.2) is 4.34 Å². The summed E-state index contributed by atoms with van der Waals surface area (Å²) in [6.07, 6.45) is 3.17. The Morgan fingerprint density at radius 3 is 2.58 bits per heavy atom. The molecule has 1 fully saturated rings. The Bertz CT molecular complexity index is 1470. The SMILES string of the molecule is Cc1ccc(C(O)=C2C(=O)C(=O)N(c3nnc(SCc4ccccc4Cl)s3)[C@H]2c2cccnc2)cc1. The molecule has 0 bridgehead atoms. The first-order valence-electron chi connectivity index (χ1n) is 10.9. The number of Topliss-reactive ketones (excluding diaryl/α,β-unsaturated/α-hetero) is 1. The molecule has 2 aromatic carbocycles. The molecule has 0 unspecified atom stereocenters. The first-order chi connectivity index (χ1) is 17.4. The Kier molecular flexibility index (Phi) is 6.86. The maximum Gasteiger partial charge on any atom is 0.301 e. The summed E-state index contributed by atoms with van der Waals surface area (Å²) in [7, 11) is 0. The molecule has 1 saturated heterocycles. The van der Waals surface area contributed by atoms with E-state index in [0.29, 0.717) is 26.2 Å². The van der Waals surface area contributed by atoms with Gasteiger partial charge in [0.25, 0.3) is 5.78 Å². The molecule has 0 radical (unpaired) electrons. The lowest BCUT2D eigenvalue weighted by atomic mass is 9.96. The third kappa shape index (κ3) is 4.65. The average molecular weight is 535 g/mol. The van der Waals surface area contributed by atoms with Crippen molar-refractivity contribution >= 4 is 57.3 Å². The van der Waals surface area contributed by atoms with Crippen molar-refractivity contribution in [2.24, 2.45) is 0 Å². The Morgan fingerprint density at radius 2 is 1.86 bits per heavy atom. The lowest BCUT2D eigenvalue weighted by Gasteiger charge is -2.22. The van der Waals surface area contributed by atoms with Crippen molar-refractivity contribution in [1.29, 1.82) is 0 Å². The van der Waals surface area contributed by atoms with Crippen LogP contribution < -0.4 is 4.90 Å². The van der Waals surface area contributed by atoms with E-state index in [-0.39, 0.29) is 16.5 Å². The van der Waals surface area contributed by atoms with Gasteiger partial charge in [0, 0.05) is 28.7 Å². The predicted molar refractivity (Wildman–Crippen MR) is 141 cm³/mol. The van der Waals surface area contributed by atoms with E-state index in [4.69, 9.17) is 11.6 Å². The maximum absolute atomic E-state index is 13.2. The van der Waals surface area contributed by atoms with Gasteiger partial charge in [-0.3, -0.25) is 19.5 Å². The quantitative estimate of drug-likeness (QED) is 0.109. The molecular formula is C26H19ClN4O3S2. The monoisotopic (exact) mass is 534 g/mol. The number of carbonyl (C=O) groups excluding carboxylic acids is 2. The fraction of sp³-hybridized carbons (Fsp3) is 0.115. The number of aryl methyl sites for hydroxylation is 1. The number of ketones is 1. The van der Waals surface area contributed by atoms with Crippen molar-refractivity contribution in [3.8, 4) is 0 Å². The van der Waals surface area contributed by atoms with Gasteiger partial charge in [-0.25, -0.2) is 0 Å². The van der Waals surface area contributed by atoms with Crippen LogP contribution in [0.25, 0.3) is 5.76 Å². The highest BCUT2D eigenvalue weighted by molar-refractivity contribution is 8.00. The summed E-state index contributed by atoms with van der Waals surface area (Å²) in [4.78, 5) is 31.9. The van der Waals surface area contributed by atoms with Crippen LogP contribution in [0.2, 0.25) is 5.02 Å². The van der Waals surface area contributed by atoms with Gasteiger partial charge in [0.05, 0.1) is 11.6 Å². The number of halogens is 1. The number of amides is 1. The molecule has 180 valence electrons. The smallest absolute Gasteiger partial charge is 0.301 e. The average Bonchev–Trinajstić information content (AvgIpc) is 3.46. The van der Waals surface area contributed by atoms with Gasteiger partial charge in [-0.05, 0) is 30.2 Å². The lowest BCUT2D eigenvalue weighted by molar-refractivity contribution is -0.132. The normalized spacial score (nSPS) is 17.1. The van der Waals surface area contributed by atoms with Crippen molar-refractivity contribution in [1.82, 2.24) is 15.2 Å². The zero-order chi connectivity index (χ0) is 25.2. The summed E-state index contributed by atoms with van der Waals surface area (Å²) in [5, 5.41) is 20.5. The van der Waals surface area contributed by atoms with Crippen molar-refractivity contribution < 1.29 is 14.7 Å². The van der Waals surface area contributed by atoms with Crippen LogP contribution in [0.5, 0.6) is 0 Å². The number of benzene rings is 2. The van der Waals surface area contributed by atoms with Gasteiger partial charge in [0.1, 0.15) is 5.76 Å². The second-order valence-electron chi connectivity index (χ2n) is 8.05. The van der Waals surface area contributed by atoms with Crippen LogP contribution in [0.15, 0.2) is 83.0 Å². The molecule has 4 aromatic rings. The van der Waals surface area contributed by atoms with Gasteiger partial charge >= 0.3 is 5.91 Å². The van der Waals surface area contributed by atoms with Gasteiger partial charge in [-0.15, -0.1) is 10.2 Å². The van der Waals surface area contributed by atoms with E-state index in [1.54, 1.807) is 36.7 Å². The summed E-state index contributed by atoms with van der Waals surface area (Å²) in [6.45, 7) is 1.93. The van der Waals surface area contributed by atoms with Gasteiger partial charge in [0.2, 0.25) is 5.13 Å². The van der Waals surface area contributed by atoms with E-state index in [2.05, 4.69) is 15.2 Å². The minimum Gasteiger partial charge on any atom is -0.507 e.